The summed E-state index contributed by atoms with van der Waals surface area (Å²) in [4.78, 5) is 25.5. The lowest BCUT2D eigenvalue weighted by Gasteiger charge is -2.39. The summed E-state index contributed by atoms with van der Waals surface area (Å²) in [6, 6.07) is 0. The minimum Gasteiger partial charge on any atom is -0.462 e. The molecule has 0 radical (unpaired) electrons. The van der Waals surface area contributed by atoms with Crippen LogP contribution in [0.15, 0.2) is 48.6 Å². The highest BCUT2D eigenvalue weighted by atomic mass is 16.7. The Morgan fingerprint density at radius 2 is 0.864 bits per heavy atom. The van der Waals surface area contributed by atoms with Crippen molar-refractivity contribution in [1.29, 1.82) is 0 Å². The number of hydrogen-bond acceptors (Lipinski definition) is 10. The lowest BCUT2D eigenvalue weighted by molar-refractivity contribution is -0.305. The fourth-order valence-corrected chi connectivity index (χ4v) is 8.18. The van der Waals surface area contributed by atoms with E-state index in [0.29, 0.717) is 12.8 Å². The standard InChI is InChI=1S/C56H100O10/c1-3-5-7-9-11-13-15-17-19-21-23-25-27-29-31-33-35-37-39-41-43-45-52(59)65-49(48-64-56-55(62)54(61)53(60)50(46-57)66-56)47-63-51(58)44-42-40-38-36-34-32-30-28-26-24-22-20-18-16-14-12-10-8-6-4-2/h19,21,25,27,31,33,37,39,49-50,53-57,60-62H,3-18,20,22-24,26,28-30,32,34-36,38,40-48H2,1-2H3/b21-19+,27-25+,33-31+,39-37+/t49-,50-,53+,54?,55?,56-/m0/s1. The van der Waals surface area contributed by atoms with E-state index in [4.69, 9.17) is 18.9 Å². The number of hydrogen-bond donors (Lipinski definition) is 4. The molecular formula is C56H100O10. The van der Waals surface area contributed by atoms with E-state index in [1.165, 1.54) is 161 Å². The molecule has 10 nitrogen and oxygen atoms in total. The van der Waals surface area contributed by atoms with Gasteiger partial charge in [-0.2, -0.15) is 0 Å². The molecule has 2 unspecified atom stereocenters. The summed E-state index contributed by atoms with van der Waals surface area (Å²) in [5.41, 5.74) is 0. The van der Waals surface area contributed by atoms with Crippen LogP contribution in [0, 0.1) is 0 Å². The van der Waals surface area contributed by atoms with Gasteiger partial charge in [0, 0.05) is 12.8 Å². The van der Waals surface area contributed by atoms with Gasteiger partial charge >= 0.3 is 11.9 Å². The second-order valence-corrected chi connectivity index (χ2v) is 18.7. The molecule has 1 aliphatic heterocycles. The number of rotatable bonds is 46. The van der Waals surface area contributed by atoms with Crippen LogP contribution in [-0.4, -0.2) is 89.0 Å². The lowest BCUT2D eigenvalue weighted by Crippen LogP contribution is -2.59. The van der Waals surface area contributed by atoms with Gasteiger partial charge in [0.25, 0.3) is 0 Å². The quantitative estimate of drug-likeness (QED) is 0.0264. The molecule has 0 aromatic carbocycles. The van der Waals surface area contributed by atoms with Crippen LogP contribution in [0.1, 0.15) is 239 Å². The average Bonchev–Trinajstić information content (AvgIpc) is 3.32. The van der Waals surface area contributed by atoms with Gasteiger partial charge in [-0.25, -0.2) is 0 Å². The molecule has 0 aromatic heterocycles. The Morgan fingerprint density at radius 3 is 1.32 bits per heavy atom. The molecule has 1 fully saturated rings. The molecule has 1 heterocycles. The molecule has 0 aliphatic carbocycles. The number of esters is 2. The number of aliphatic hydroxyl groups excluding tert-OH is 4. The highest BCUT2D eigenvalue weighted by molar-refractivity contribution is 5.70. The van der Waals surface area contributed by atoms with E-state index in [1.807, 2.05) is 6.08 Å². The van der Waals surface area contributed by atoms with Crippen LogP contribution in [0.4, 0.5) is 0 Å². The van der Waals surface area contributed by atoms with Crippen LogP contribution < -0.4 is 0 Å². The predicted octanol–water partition coefficient (Wildman–Crippen LogP) is 13.2. The lowest BCUT2D eigenvalue weighted by atomic mass is 9.99. The third kappa shape index (κ3) is 36.7. The maximum Gasteiger partial charge on any atom is 0.306 e. The van der Waals surface area contributed by atoms with E-state index in [9.17, 15) is 30.0 Å². The number of unbranched alkanes of at least 4 members (excludes halogenated alkanes) is 27. The topological polar surface area (TPSA) is 152 Å². The molecule has 0 bridgehead atoms. The van der Waals surface area contributed by atoms with Gasteiger partial charge in [0.2, 0.25) is 0 Å². The summed E-state index contributed by atoms with van der Waals surface area (Å²) in [7, 11) is 0. The van der Waals surface area contributed by atoms with Crippen molar-refractivity contribution in [1.82, 2.24) is 0 Å². The van der Waals surface area contributed by atoms with Gasteiger partial charge in [-0.3, -0.25) is 9.59 Å². The molecule has 1 saturated heterocycles. The van der Waals surface area contributed by atoms with Crippen LogP contribution in [0.3, 0.4) is 0 Å². The monoisotopic (exact) mass is 933 g/mol. The van der Waals surface area contributed by atoms with Crippen molar-refractivity contribution in [3.05, 3.63) is 48.6 Å². The van der Waals surface area contributed by atoms with Crippen molar-refractivity contribution in [3.63, 3.8) is 0 Å². The van der Waals surface area contributed by atoms with E-state index < -0.39 is 49.4 Å². The summed E-state index contributed by atoms with van der Waals surface area (Å²) in [5, 5.41) is 40.2. The third-order valence-electron chi connectivity index (χ3n) is 12.5. The zero-order valence-corrected chi connectivity index (χ0v) is 42.2. The van der Waals surface area contributed by atoms with E-state index in [0.717, 1.165) is 38.5 Å². The van der Waals surface area contributed by atoms with Gasteiger partial charge in [-0.05, 0) is 51.4 Å². The van der Waals surface area contributed by atoms with E-state index in [-0.39, 0.29) is 32.0 Å². The average molecular weight is 933 g/mol. The first-order chi connectivity index (χ1) is 32.3. The van der Waals surface area contributed by atoms with Gasteiger partial charge in [0.1, 0.15) is 31.0 Å². The smallest absolute Gasteiger partial charge is 0.306 e. The number of aliphatic hydroxyl groups is 4. The second-order valence-electron chi connectivity index (χ2n) is 18.7. The zero-order chi connectivity index (χ0) is 48.0. The first-order valence-electron chi connectivity index (χ1n) is 27.2. The molecule has 384 valence electrons. The van der Waals surface area contributed by atoms with E-state index in [2.05, 4.69) is 56.4 Å². The Hall–Kier alpha value is -2.34. The number of carbonyl (C=O) groups excluding carboxylic acids is 2. The summed E-state index contributed by atoms with van der Waals surface area (Å²) in [6.45, 7) is 3.40. The van der Waals surface area contributed by atoms with Crippen LogP contribution >= 0.6 is 0 Å². The molecule has 66 heavy (non-hydrogen) atoms. The molecule has 1 aliphatic rings. The Kier molecular flexibility index (Phi) is 43.4. The molecule has 0 amide bonds. The Morgan fingerprint density at radius 1 is 0.470 bits per heavy atom. The van der Waals surface area contributed by atoms with Crippen LogP contribution in [0.5, 0.6) is 0 Å². The second kappa shape index (κ2) is 46.4. The molecule has 0 saturated carbocycles. The van der Waals surface area contributed by atoms with Crippen molar-refractivity contribution in [2.75, 3.05) is 19.8 Å². The van der Waals surface area contributed by atoms with Gasteiger partial charge in [0.15, 0.2) is 12.4 Å². The summed E-state index contributed by atoms with van der Waals surface area (Å²) in [5.74, 6) is -0.863. The molecule has 6 atom stereocenters. The maximum absolute atomic E-state index is 12.8. The fraction of sp³-hybridized carbons (Fsp3) is 0.821. The summed E-state index contributed by atoms with van der Waals surface area (Å²) < 4.78 is 22.2. The van der Waals surface area contributed by atoms with E-state index in [1.54, 1.807) is 0 Å². The highest BCUT2D eigenvalue weighted by Gasteiger charge is 2.44. The third-order valence-corrected chi connectivity index (χ3v) is 12.5. The molecule has 0 aromatic rings. The molecular weight excluding hydrogens is 833 g/mol. The zero-order valence-electron chi connectivity index (χ0n) is 42.2. The van der Waals surface area contributed by atoms with Crippen LogP contribution in [0.25, 0.3) is 0 Å². The maximum atomic E-state index is 12.8. The first kappa shape index (κ1) is 61.7. The van der Waals surface area contributed by atoms with E-state index >= 15 is 0 Å². The van der Waals surface area contributed by atoms with Crippen molar-refractivity contribution in [2.24, 2.45) is 0 Å². The molecule has 4 N–H and O–H groups in total. The minimum absolute atomic E-state index is 0.155. The first-order valence-corrected chi connectivity index (χ1v) is 27.2. The molecule has 10 heteroatoms. The SMILES string of the molecule is CCCCCCCCC/C=C/C/C=C/C/C=C/C/C=C/CCCC(=O)O[C@@H](COC(=O)CCCCCCCCCCCCCCCCCCCCCC)CO[C@H]1O[C@@H](CO)[C@@H](O)C(O)C1O. The van der Waals surface area contributed by atoms with Crippen molar-refractivity contribution >= 4 is 11.9 Å². The fourth-order valence-electron chi connectivity index (χ4n) is 8.18. The largest absolute Gasteiger partial charge is 0.462 e. The van der Waals surface area contributed by atoms with Crippen molar-refractivity contribution in [3.8, 4) is 0 Å². The van der Waals surface area contributed by atoms with Gasteiger partial charge in [0.05, 0.1) is 13.2 Å². The number of ether oxygens (including phenoxy) is 4. The minimum atomic E-state index is -1.61. The number of carbonyl (C=O) groups is 2. The Labute approximate surface area is 403 Å². The molecule has 1 rings (SSSR count). The van der Waals surface area contributed by atoms with Crippen LogP contribution in [-0.2, 0) is 28.5 Å². The van der Waals surface area contributed by atoms with Crippen LogP contribution in [0.2, 0.25) is 0 Å². The predicted molar refractivity (Wildman–Crippen MR) is 270 cm³/mol. The Balaban J connectivity index is 2.28. The highest BCUT2D eigenvalue weighted by Crippen LogP contribution is 2.23. The van der Waals surface area contributed by atoms with Crippen molar-refractivity contribution in [2.45, 2.75) is 275 Å². The number of allylic oxidation sites excluding steroid dienone is 8. The van der Waals surface area contributed by atoms with Gasteiger partial charge in [-0.15, -0.1) is 0 Å². The summed E-state index contributed by atoms with van der Waals surface area (Å²) >= 11 is 0. The summed E-state index contributed by atoms with van der Waals surface area (Å²) in [6.07, 6.45) is 49.9. The normalized spacial score (nSPS) is 19.5. The van der Waals surface area contributed by atoms with Gasteiger partial charge in [-0.1, -0.05) is 223 Å². The van der Waals surface area contributed by atoms with Gasteiger partial charge < -0.3 is 39.4 Å². The molecule has 0 spiro atoms. The van der Waals surface area contributed by atoms with Crippen molar-refractivity contribution < 1.29 is 49.0 Å². The Bertz CT molecular complexity index is 1210.